The summed E-state index contributed by atoms with van der Waals surface area (Å²) in [6.45, 7) is 5.92. The Morgan fingerprint density at radius 1 is 0.958 bits per heavy atom. The van der Waals surface area contributed by atoms with Crippen molar-refractivity contribution >= 4 is 0 Å². The summed E-state index contributed by atoms with van der Waals surface area (Å²) in [5.74, 6) is 0.587. The maximum atomic E-state index is 13.3. The molecule has 0 aromatic heterocycles. The summed E-state index contributed by atoms with van der Waals surface area (Å²) in [5.41, 5.74) is 2.27. The third kappa shape index (κ3) is 7.60. The summed E-state index contributed by atoms with van der Waals surface area (Å²) >= 11 is 0. The molecule has 0 spiro atoms. The highest BCUT2D eigenvalue weighted by atomic mass is 19.1. The van der Waals surface area contributed by atoms with E-state index in [1.54, 1.807) is 19.2 Å². The minimum Gasteiger partial charge on any atom is -0.496 e. The monoisotopic (exact) mass is 331 g/mol. The molecule has 0 aliphatic carbocycles. The standard InChI is InChI=1S/C19H24FNO.C2H6/c1-22-19-12-11-18(20)14-17(19)10-6-3-7-13-21-15-16-8-4-2-5-9-16;1-2/h2,4-5,8-9,11-12,14,21H,3,6-7,10,13,15H2,1H3;1-2H3. The molecule has 0 bridgehead atoms. The van der Waals surface area contributed by atoms with E-state index in [-0.39, 0.29) is 5.82 Å². The number of ether oxygens (including phenoxy) is 1. The van der Waals surface area contributed by atoms with Crippen molar-refractivity contribution in [3.8, 4) is 5.75 Å². The van der Waals surface area contributed by atoms with Crippen LogP contribution in [0, 0.1) is 5.82 Å². The van der Waals surface area contributed by atoms with Crippen LogP contribution in [0.5, 0.6) is 5.75 Å². The predicted octanol–water partition coefficient (Wildman–Crippen LogP) is 5.36. The van der Waals surface area contributed by atoms with Gasteiger partial charge in [0.25, 0.3) is 0 Å². The number of benzene rings is 2. The van der Waals surface area contributed by atoms with Gasteiger partial charge in [-0.25, -0.2) is 4.39 Å². The van der Waals surface area contributed by atoms with Crippen LogP contribution in [0.2, 0.25) is 0 Å². The Morgan fingerprint density at radius 2 is 1.71 bits per heavy atom. The molecule has 132 valence electrons. The van der Waals surface area contributed by atoms with Gasteiger partial charge < -0.3 is 10.1 Å². The molecular weight excluding hydrogens is 301 g/mol. The van der Waals surface area contributed by atoms with Crippen molar-refractivity contribution in [2.45, 2.75) is 46.1 Å². The summed E-state index contributed by atoms with van der Waals surface area (Å²) in [4.78, 5) is 0. The fourth-order valence-electron chi connectivity index (χ4n) is 2.51. The molecule has 0 aliphatic heterocycles. The normalized spacial score (nSPS) is 10.0. The van der Waals surface area contributed by atoms with E-state index in [1.807, 2.05) is 19.9 Å². The van der Waals surface area contributed by atoms with Gasteiger partial charge in [0.05, 0.1) is 7.11 Å². The smallest absolute Gasteiger partial charge is 0.123 e. The molecule has 0 heterocycles. The number of hydrogen-bond acceptors (Lipinski definition) is 2. The van der Waals surface area contributed by atoms with E-state index in [2.05, 4.69) is 29.6 Å². The first kappa shape index (κ1) is 20.2. The molecule has 2 aromatic carbocycles. The minimum absolute atomic E-state index is 0.194. The van der Waals surface area contributed by atoms with Gasteiger partial charge in [0.1, 0.15) is 11.6 Å². The first-order valence-corrected chi connectivity index (χ1v) is 8.86. The van der Waals surface area contributed by atoms with E-state index in [4.69, 9.17) is 4.74 Å². The van der Waals surface area contributed by atoms with E-state index in [1.165, 1.54) is 11.6 Å². The third-order valence-electron chi connectivity index (χ3n) is 3.71. The zero-order valence-corrected chi connectivity index (χ0v) is 15.1. The Labute approximate surface area is 146 Å². The van der Waals surface area contributed by atoms with Crippen LogP contribution in [0.15, 0.2) is 48.5 Å². The van der Waals surface area contributed by atoms with Gasteiger partial charge in [-0.2, -0.15) is 0 Å². The van der Waals surface area contributed by atoms with E-state index in [9.17, 15) is 4.39 Å². The first-order valence-electron chi connectivity index (χ1n) is 8.86. The van der Waals surface area contributed by atoms with Gasteiger partial charge in [-0.1, -0.05) is 50.6 Å². The number of rotatable bonds is 9. The highest BCUT2D eigenvalue weighted by Gasteiger charge is 2.04. The van der Waals surface area contributed by atoms with Crippen molar-refractivity contribution in [2.75, 3.05) is 13.7 Å². The molecular formula is C21H30FNO. The number of methoxy groups -OCH3 is 1. The fourth-order valence-corrected chi connectivity index (χ4v) is 2.51. The third-order valence-corrected chi connectivity index (χ3v) is 3.71. The molecule has 2 rings (SSSR count). The van der Waals surface area contributed by atoms with Crippen molar-refractivity contribution in [2.24, 2.45) is 0 Å². The molecule has 0 saturated heterocycles. The van der Waals surface area contributed by atoms with Gasteiger partial charge in [0.2, 0.25) is 0 Å². The Kier molecular flexibility index (Phi) is 10.5. The van der Waals surface area contributed by atoms with Crippen molar-refractivity contribution in [1.29, 1.82) is 0 Å². The van der Waals surface area contributed by atoms with Crippen molar-refractivity contribution < 1.29 is 9.13 Å². The average molecular weight is 331 g/mol. The van der Waals surface area contributed by atoms with Gasteiger partial charge in [-0.15, -0.1) is 0 Å². The fraction of sp³-hybridized carbons (Fsp3) is 0.429. The minimum atomic E-state index is -0.194. The lowest BCUT2D eigenvalue weighted by Gasteiger charge is -2.09. The molecule has 24 heavy (non-hydrogen) atoms. The van der Waals surface area contributed by atoms with Crippen LogP contribution >= 0.6 is 0 Å². The first-order chi connectivity index (χ1) is 11.8. The molecule has 1 N–H and O–H groups in total. The highest BCUT2D eigenvalue weighted by molar-refractivity contribution is 5.33. The maximum Gasteiger partial charge on any atom is 0.123 e. The zero-order valence-electron chi connectivity index (χ0n) is 15.1. The number of unbranched alkanes of at least 4 members (excludes halogenated alkanes) is 2. The van der Waals surface area contributed by atoms with Crippen LogP contribution in [-0.2, 0) is 13.0 Å². The molecule has 2 aromatic rings. The molecule has 0 aliphatic rings. The van der Waals surface area contributed by atoms with Gasteiger partial charge >= 0.3 is 0 Å². The summed E-state index contributed by atoms with van der Waals surface area (Å²) in [5, 5.41) is 3.45. The SMILES string of the molecule is CC.COc1ccc(F)cc1CCCCCNCc1ccccc1. The van der Waals surface area contributed by atoms with Crippen LogP contribution in [0.1, 0.15) is 44.2 Å². The Hall–Kier alpha value is -1.87. The quantitative estimate of drug-likeness (QED) is 0.624. The summed E-state index contributed by atoms with van der Waals surface area (Å²) in [6, 6.07) is 15.1. The van der Waals surface area contributed by atoms with Crippen molar-refractivity contribution in [3.05, 3.63) is 65.5 Å². The maximum absolute atomic E-state index is 13.3. The Balaban J connectivity index is 0.00000139. The predicted molar refractivity (Wildman–Crippen MR) is 100 cm³/mol. The molecule has 0 radical (unpaired) electrons. The number of hydrogen-bond donors (Lipinski definition) is 1. The van der Waals surface area contributed by atoms with E-state index >= 15 is 0 Å². The lowest BCUT2D eigenvalue weighted by atomic mass is 10.1. The van der Waals surface area contributed by atoms with Gasteiger partial charge in [-0.3, -0.25) is 0 Å². The van der Waals surface area contributed by atoms with Gasteiger partial charge in [-0.05, 0) is 55.1 Å². The largest absolute Gasteiger partial charge is 0.496 e. The van der Waals surface area contributed by atoms with Crippen molar-refractivity contribution in [1.82, 2.24) is 5.32 Å². The second kappa shape index (κ2) is 12.5. The summed E-state index contributed by atoms with van der Waals surface area (Å²) < 4.78 is 18.5. The second-order valence-electron chi connectivity index (χ2n) is 5.43. The summed E-state index contributed by atoms with van der Waals surface area (Å²) in [7, 11) is 1.63. The lowest BCUT2D eigenvalue weighted by Crippen LogP contribution is -2.14. The number of aryl methyl sites for hydroxylation is 1. The molecule has 2 nitrogen and oxygen atoms in total. The topological polar surface area (TPSA) is 21.3 Å². The van der Waals surface area contributed by atoms with Crippen LogP contribution in [0.4, 0.5) is 4.39 Å². The van der Waals surface area contributed by atoms with Crippen LogP contribution in [0.25, 0.3) is 0 Å². The molecule has 3 heteroatoms. The van der Waals surface area contributed by atoms with Crippen LogP contribution in [-0.4, -0.2) is 13.7 Å². The van der Waals surface area contributed by atoms with E-state index < -0.39 is 0 Å². The molecule has 0 unspecified atom stereocenters. The highest BCUT2D eigenvalue weighted by Crippen LogP contribution is 2.21. The van der Waals surface area contributed by atoms with Crippen LogP contribution < -0.4 is 10.1 Å². The zero-order chi connectivity index (χ0) is 17.6. The van der Waals surface area contributed by atoms with Gasteiger partial charge in [0, 0.05) is 6.54 Å². The molecule has 0 saturated carbocycles. The lowest BCUT2D eigenvalue weighted by molar-refractivity contribution is 0.407. The number of nitrogens with one attached hydrogen (secondary N) is 1. The molecule has 0 atom stereocenters. The average Bonchev–Trinajstić information content (AvgIpc) is 2.63. The second-order valence-corrected chi connectivity index (χ2v) is 5.43. The Bertz CT molecular complexity index is 557. The Morgan fingerprint density at radius 3 is 2.42 bits per heavy atom. The summed E-state index contributed by atoms with van der Waals surface area (Å²) in [6.07, 6.45) is 4.17. The van der Waals surface area contributed by atoms with Gasteiger partial charge in [0.15, 0.2) is 0 Å². The van der Waals surface area contributed by atoms with E-state index in [0.29, 0.717) is 0 Å². The van der Waals surface area contributed by atoms with Crippen molar-refractivity contribution in [3.63, 3.8) is 0 Å². The molecule has 0 fully saturated rings. The molecule has 0 amide bonds. The van der Waals surface area contributed by atoms with Crippen LogP contribution in [0.3, 0.4) is 0 Å². The number of halogens is 1. The van der Waals surface area contributed by atoms with E-state index in [0.717, 1.165) is 50.1 Å².